The molecule has 0 radical (unpaired) electrons. The first kappa shape index (κ1) is 10.9. The molecule has 0 aliphatic carbocycles. The van der Waals surface area contributed by atoms with Crippen LogP contribution in [0, 0.1) is 5.82 Å². The zero-order chi connectivity index (χ0) is 11.9. The highest BCUT2D eigenvalue weighted by Gasteiger charge is 2.36. The van der Waals surface area contributed by atoms with E-state index in [4.69, 9.17) is 5.73 Å². The molecule has 7 heteroatoms. The van der Waals surface area contributed by atoms with Crippen molar-refractivity contribution >= 4 is 27.3 Å². The second-order valence-electron chi connectivity index (χ2n) is 3.43. The zero-order valence-electron chi connectivity index (χ0n) is 8.18. The maximum absolute atomic E-state index is 12.9. The number of halogens is 1. The minimum Gasteiger partial charge on any atom is -0.396 e. The predicted octanol–water partition coefficient (Wildman–Crippen LogP) is 0.474. The SMILES string of the molecule is Nc1cc(N2C(=O)CCS2(=O)=O)ccc1F. The Bertz CT molecular complexity index is 556. The van der Waals surface area contributed by atoms with E-state index in [2.05, 4.69) is 0 Å². The summed E-state index contributed by atoms with van der Waals surface area (Å²) in [6.45, 7) is 0. The number of hydrogen-bond acceptors (Lipinski definition) is 4. The predicted molar refractivity (Wildman–Crippen MR) is 56.7 cm³/mol. The van der Waals surface area contributed by atoms with Gasteiger partial charge in [0.05, 0.1) is 17.1 Å². The van der Waals surface area contributed by atoms with Crippen molar-refractivity contribution in [1.29, 1.82) is 0 Å². The Labute approximate surface area is 91.7 Å². The minimum absolute atomic E-state index is 0.0559. The molecule has 2 rings (SSSR count). The number of nitrogens with two attached hydrogens (primary N) is 1. The van der Waals surface area contributed by atoms with Crippen LogP contribution in [0.5, 0.6) is 0 Å². The normalized spacial score (nSPS) is 19.1. The van der Waals surface area contributed by atoms with E-state index in [0.717, 1.165) is 12.1 Å². The molecule has 0 spiro atoms. The lowest BCUT2D eigenvalue weighted by molar-refractivity contribution is -0.116. The van der Waals surface area contributed by atoms with Crippen LogP contribution in [0.25, 0.3) is 0 Å². The van der Waals surface area contributed by atoms with Crippen molar-refractivity contribution in [2.24, 2.45) is 0 Å². The maximum Gasteiger partial charge on any atom is 0.242 e. The summed E-state index contributed by atoms with van der Waals surface area (Å²) in [5.41, 5.74) is 5.21. The number of hydrogen-bond donors (Lipinski definition) is 1. The van der Waals surface area contributed by atoms with Crippen molar-refractivity contribution < 1.29 is 17.6 Å². The molecule has 0 aromatic heterocycles. The molecule has 16 heavy (non-hydrogen) atoms. The third-order valence-corrected chi connectivity index (χ3v) is 3.98. The van der Waals surface area contributed by atoms with Gasteiger partial charge in [0.25, 0.3) is 0 Å². The monoisotopic (exact) mass is 244 g/mol. The number of amides is 1. The quantitative estimate of drug-likeness (QED) is 0.728. The van der Waals surface area contributed by atoms with Crippen LogP contribution in [0.4, 0.5) is 15.8 Å². The van der Waals surface area contributed by atoms with Crippen LogP contribution < -0.4 is 10.0 Å². The number of carbonyl (C=O) groups excluding carboxylic acids is 1. The van der Waals surface area contributed by atoms with E-state index in [-0.39, 0.29) is 23.5 Å². The van der Waals surface area contributed by atoms with E-state index in [0.29, 0.717) is 4.31 Å². The minimum atomic E-state index is -3.61. The van der Waals surface area contributed by atoms with Crippen molar-refractivity contribution in [3.8, 4) is 0 Å². The fraction of sp³-hybridized carbons (Fsp3) is 0.222. The van der Waals surface area contributed by atoms with E-state index in [1.54, 1.807) is 0 Å². The first-order valence-electron chi connectivity index (χ1n) is 4.53. The van der Waals surface area contributed by atoms with E-state index in [9.17, 15) is 17.6 Å². The van der Waals surface area contributed by atoms with Gasteiger partial charge in [-0.05, 0) is 18.2 Å². The largest absolute Gasteiger partial charge is 0.396 e. The van der Waals surface area contributed by atoms with Gasteiger partial charge in [-0.25, -0.2) is 17.1 Å². The second kappa shape index (κ2) is 3.44. The first-order valence-corrected chi connectivity index (χ1v) is 6.13. The van der Waals surface area contributed by atoms with Gasteiger partial charge in [0.15, 0.2) is 0 Å². The lowest BCUT2D eigenvalue weighted by Crippen LogP contribution is -2.29. The molecule has 5 nitrogen and oxygen atoms in total. The third kappa shape index (κ3) is 1.63. The van der Waals surface area contributed by atoms with Crippen molar-refractivity contribution in [2.75, 3.05) is 15.8 Å². The average molecular weight is 244 g/mol. The molecule has 0 atom stereocenters. The van der Waals surface area contributed by atoms with Gasteiger partial charge in [-0.15, -0.1) is 0 Å². The summed E-state index contributed by atoms with van der Waals surface area (Å²) < 4.78 is 36.6. The highest BCUT2D eigenvalue weighted by Crippen LogP contribution is 2.27. The molecule has 1 aliphatic heterocycles. The number of rotatable bonds is 1. The molecule has 86 valence electrons. The summed E-state index contributed by atoms with van der Waals surface area (Å²) in [7, 11) is -3.61. The standard InChI is InChI=1S/C9H9FN2O3S/c10-7-2-1-6(5-8(7)11)12-9(13)3-4-16(12,14)15/h1-2,5H,3-4,11H2. The molecule has 1 heterocycles. The number of carbonyl (C=O) groups is 1. The Balaban J connectivity index is 2.52. The lowest BCUT2D eigenvalue weighted by atomic mass is 10.2. The summed E-state index contributed by atoms with van der Waals surface area (Å²) in [6, 6.07) is 3.38. The summed E-state index contributed by atoms with van der Waals surface area (Å²) in [5, 5.41) is 0. The second-order valence-corrected chi connectivity index (χ2v) is 5.37. The highest BCUT2D eigenvalue weighted by atomic mass is 32.2. The number of nitrogen functional groups attached to an aromatic ring is 1. The summed E-state index contributed by atoms with van der Waals surface area (Å²) in [5.74, 6) is -1.39. The molecular formula is C9H9FN2O3S. The topological polar surface area (TPSA) is 80.5 Å². The maximum atomic E-state index is 12.9. The van der Waals surface area contributed by atoms with Crippen LogP contribution >= 0.6 is 0 Å². The lowest BCUT2D eigenvalue weighted by Gasteiger charge is -2.15. The van der Waals surface area contributed by atoms with Gasteiger partial charge in [0, 0.05) is 6.42 Å². The van der Waals surface area contributed by atoms with E-state index < -0.39 is 21.7 Å². The van der Waals surface area contributed by atoms with Crippen molar-refractivity contribution in [3.05, 3.63) is 24.0 Å². The Hall–Kier alpha value is -1.63. The number of benzene rings is 1. The Morgan fingerprint density at radius 3 is 2.56 bits per heavy atom. The van der Waals surface area contributed by atoms with Gasteiger partial charge < -0.3 is 5.73 Å². The molecule has 1 aromatic rings. The average Bonchev–Trinajstić information content (AvgIpc) is 2.46. The molecule has 1 aliphatic rings. The first-order chi connectivity index (χ1) is 7.42. The van der Waals surface area contributed by atoms with Gasteiger partial charge >= 0.3 is 0 Å². The number of sulfonamides is 1. The summed E-state index contributed by atoms with van der Waals surface area (Å²) in [4.78, 5) is 11.4. The van der Waals surface area contributed by atoms with Gasteiger partial charge in [0.1, 0.15) is 5.82 Å². The highest BCUT2D eigenvalue weighted by molar-refractivity contribution is 7.94. The van der Waals surface area contributed by atoms with Crippen molar-refractivity contribution in [1.82, 2.24) is 0 Å². The van der Waals surface area contributed by atoms with Crippen LogP contribution in [-0.2, 0) is 14.8 Å². The summed E-state index contributed by atoms with van der Waals surface area (Å²) in [6.07, 6.45) is -0.0559. The Morgan fingerprint density at radius 2 is 2.06 bits per heavy atom. The molecule has 1 aromatic carbocycles. The van der Waals surface area contributed by atoms with Crippen LogP contribution in [-0.4, -0.2) is 20.1 Å². The van der Waals surface area contributed by atoms with E-state index in [1.807, 2.05) is 0 Å². The molecular weight excluding hydrogens is 235 g/mol. The molecule has 2 N–H and O–H groups in total. The smallest absolute Gasteiger partial charge is 0.242 e. The number of nitrogens with zero attached hydrogens (tertiary/aromatic N) is 1. The summed E-state index contributed by atoms with van der Waals surface area (Å²) >= 11 is 0. The van der Waals surface area contributed by atoms with Gasteiger partial charge in [0.2, 0.25) is 15.9 Å². The van der Waals surface area contributed by atoms with Crippen LogP contribution in [0.1, 0.15) is 6.42 Å². The molecule has 1 saturated heterocycles. The zero-order valence-corrected chi connectivity index (χ0v) is 9.00. The molecule has 0 bridgehead atoms. The fourth-order valence-electron chi connectivity index (χ4n) is 1.53. The van der Waals surface area contributed by atoms with Crippen molar-refractivity contribution in [2.45, 2.75) is 6.42 Å². The molecule has 0 saturated carbocycles. The van der Waals surface area contributed by atoms with Crippen LogP contribution in [0.3, 0.4) is 0 Å². The molecule has 1 amide bonds. The molecule has 0 unspecified atom stereocenters. The number of anilines is 2. The third-order valence-electron chi connectivity index (χ3n) is 2.29. The Morgan fingerprint density at radius 1 is 1.38 bits per heavy atom. The Kier molecular flexibility index (Phi) is 2.34. The van der Waals surface area contributed by atoms with Gasteiger partial charge in [-0.3, -0.25) is 4.79 Å². The molecule has 1 fully saturated rings. The van der Waals surface area contributed by atoms with E-state index in [1.165, 1.54) is 6.07 Å². The fourth-order valence-corrected chi connectivity index (χ4v) is 2.98. The van der Waals surface area contributed by atoms with E-state index >= 15 is 0 Å². The van der Waals surface area contributed by atoms with Crippen LogP contribution in [0.2, 0.25) is 0 Å². The van der Waals surface area contributed by atoms with Gasteiger partial charge in [-0.2, -0.15) is 0 Å². The van der Waals surface area contributed by atoms with Crippen molar-refractivity contribution in [3.63, 3.8) is 0 Å². The van der Waals surface area contributed by atoms with Crippen LogP contribution in [0.15, 0.2) is 18.2 Å². The van der Waals surface area contributed by atoms with Gasteiger partial charge in [-0.1, -0.05) is 0 Å².